The normalized spacial score (nSPS) is 29.7. The number of hydrogen-bond donors (Lipinski definition) is 2. The van der Waals surface area contributed by atoms with Crippen LogP contribution in [0, 0.1) is 6.92 Å². The third-order valence-corrected chi connectivity index (χ3v) is 3.15. The van der Waals surface area contributed by atoms with E-state index >= 15 is 0 Å². The Bertz CT molecular complexity index is 382. The van der Waals surface area contributed by atoms with E-state index in [2.05, 4.69) is 20.5 Å². The summed E-state index contributed by atoms with van der Waals surface area (Å²) in [6.07, 6.45) is 1.71. The van der Waals surface area contributed by atoms with E-state index in [0.717, 1.165) is 12.8 Å². The van der Waals surface area contributed by atoms with Crippen molar-refractivity contribution >= 4 is 17.5 Å². The van der Waals surface area contributed by atoms with Crippen LogP contribution in [0.1, 0.15) is 25.5 Å². The predicted molar refractivity (Wildman–Crippen MR) is 56.8 cm³/mol. The Balaban J connectivity index is 2.08. The molecule has 0 aromatic carbocycles. The first-order valence-electron chi connectivity index (χ1n) is 4.85. The molecule has 0 radical (unpaired) electrons. The number of hydrogen-bond acceptors (Lipinski definition) is 5. The van der Waals surface area contributed by atoms with Gasteiger partial charge in [0.05, 0.1) is 17.3 Å². The molecular formula is C9H13ClN4O. The summed E-state index contributed by atoms with van der Waals surface area (Å²) in [5.41, 5.74) is -0.0372. The molecule has 0 unspecified atom stereocenters. The van der Waals surface area contributed by atoms with Crippen LogP contribution in [0.25, 0.3) is 0 Å². The summed E-state index contributed by atoms with van der Waals surface area (Å²) in [7, 11) is 0. The van der Waals surface area contributed by atoms with E-state index in [-0.39, 0.29) is 6.04 Å². The van der Waals surface area contributed by atoms with Crippen molar-refractivity contribution in [2.75, 3.05) is 5.32 Å². The second-order valence-electron chi connectivity index (χ2n) is 4.10. The largest absolute Gasteiger partial charge is 0.388 e. The van der Waals surface area contributed by atoms with Crippen molar-refractivity contribution in [3.63, 3.8) is 0 Å². The van der Waals surface area contributed by atoms with Gasteiger partial charge in [-0.2, -0.15) is 0 Å². The summed E-state index contributed by atoms with van der Waals surface area (Å²) in [5, 5.41) is 20.7. The smallest absolute Gasteiger partial charge is 0.243 e. The molecule has 1 aromatic rings. The molecule has 5 nitrogen and oxygen atoms in total. The average molecular weight is 229 g/mol. The van der Waals surface area contributed by atoms with Gasteiger partial charge in [0.25, 0.3) is 0 Å². The molecule has 15 heavy (non-hydrogen) atoms. The molecule has 6 heteroatoms. The Morgan fingerprint density at radius 3 is 2.73 bits per heavy atom. The fourth-order valence-electron chi connectivity index (χ4n) is 1.54. The van der Waals surface area contributed by atoms with Crippen LogP contribution in [-0.4, -0.2) is 31.9 Å². The number of halogens is 1. The van der Waals surface area contributed by atoms with Crippen LogP contribution >= 0.6 is 11.6 Å². The third kappa shape index (κ3) is 2.03. The summed E-state index contributed by atoms with van der Waals surface area (Å²) in [5.74, 6) is 0.418. The lowest BCUT2D eigenvalue weighted by Gasteiger charge is -2.42. The van der Waals surface area contributed by atoms with Crippen LogP contribution in [-0.2, 0) is 0 Å². The van der Waals surface area contributed by atoms with Gasteiger partial charge in [-0.3, -0.25) is 0 Å². The highest BCUT2D eigenvalue weighted by Gasteiger charge is 2.41. The fourth-order valence-corrected chi connectivity index (χ4v) is 1.62. The lowest BCUT2D eigenvalue weighted by atomic mass is 9.76. The minimum Gasteiger partial charge on any atom is -0.388 e. The Kier molecular flexibility index (Phi) is 2.52. The molecular weight excluding hydrogens is 216 g/mol. The zero-order valence-electron chi connectivity index (χ0n) is 8.66. The molecule has 0 bridgehead atoms. The predicted octanol–water partition coefficient (Wildman–Crippen LogP) is 1.16. The zero-order valence-corrected chi connectivity index (χ0v) is 9.41. The molecule has 0 saturated heterocycles. The topological polar surface area (TPSA) is 70.9 Å². The van der Waals surface area contributed by atoms with Gasteiger partial charge in [-0.15, -0.1) is 10.2 Å². The second-order valence-corrected chi connectivity index (χ2v) is 4.46. The standard InChI is InChI=1S/C9H13ClN4O/c1-5-7(10)13-14-8(11-5)12-6-3-4-9(6,2)15/h6,15H,3-4H2,1-2H3,(H,11,12,14)/t6-,9-/m0/s1. The van der Waals surface area contributed by atoms with Crippen molar-refractivity contribution in [3.05, 3.63) is 10.8 Å². The second kappa shape index (κ2) is 3.57. The van der Waals surface area contributed by atoms with Crippen molar-refractivity contribution in [2.45, 2.75) is 38.3 Å². The minimum absolute atomic E-state index is 0.000115. The first-order valence-corrected chi connectivity index (χ1v) is 5.22. The number of nitrogens with one attached hydrogen (secondary N) is 1. The monoisotopic (exact) mass is 228 g/mol. The lowest BCUT2D eigenvalue weighted by Crippen LogP contribution is -2.53. The average Bonchev–Trinajstić information content (AvgIpc) is 2.18. The van der Waals surface area contributed by atoms with Gasteiger partial charge in [0.1, 0.15) is 0 Å². The first-order chi connectivity index (χ1) is 6.99. The van der Waals surface area contributed by atoms with Crippen molar-refractivity contribution in [2.24, 2.45) is 0 Å². The lowest BCUT2D eigenvalue weighted by molar-refractivity contribution is -0.0289. The van der Waals surface area contributed by atoms with Crippen molar-refractivity contribution in [1.82, 2.24) is 15.2 Å². The van der Waals surface area contributed by atoms with Crippen molar-refractivity contribution in [3.8, 4) is 0 Å². The van der Waals surface area contributed by atoms with E-state index in [4.69, 9.17) is 11.6 Å². The SMILES string of the molecule is Cc1nc(N[C@H]2CC[C@]2(C)O)nnc1Cl. The van der Waals surface area contributed by atoms with Gasteiger partial charge in [-0.25, -0.2) is 4.98 Å². The minimum atomic E-state index is -0.670. The molecule has 1 aliphatic carbocycles. The maximum atomic E-state index is 9.79. The van der Waals surface area contributed by atoms with Crippen LogP contribution in [0.15, 0.2) is 0 Å². The highest BCUT2D eigenvalue weighted by molar-refractivity contribution is 6.29. The molecule has 82 valence electrons. The van der Waals surface area contributed by atoms with Crippen LogP contribution in [0.4, 0.5) is 5.95 Å². The summed E-state index contributed by atoms with van der Waals surface area (Å²) in [4.78, 5) is 4.13. The van der Waals surface area contributed by atoms with Crippen LogP contribution in [0.2, 0.25) is 5.15 Å². The number of rotatable bonds is 2. The Hall–Kier alpha value is -0.940. The molecule has 2 N–H and O–H groups in total. The van der Waals surface area contributed by atoms with Gasteiger partial charge in [-0.1, -0.05) is 11.6 Å². The number of aromatic nitrogens is 3. The maximum absolute atomic E-state index is 9.79. The van der Waals surface area contributed by atoms with Crippen molar-refractivity contribution < 1.29 is 5.11 Å². The van der Waals surface area contributed by atoms with Crippen molar-refractivity contribution in [1.29, 1.82) is 0 Å². The van der Waals surface area contributed by atoms with E-state index in [9.17, 15) is 5.11 Å². The van der Waals surface area contributed by atoms with E-state index in [1.54, 1.807) is 13.8 Å². The van der Waals surface area contributed by atoms with E-state index in [0.29, 0.717) is 16.8 Å². The number of nitrogens with zero attached hydrogens (tertiary/aromatic N) is 3. The third-order valence-electron chi connectivity index (χ3n) is 2.80. The molecule has 0 amide bonds. The molecule has 1 aromatic heterocycles. The van der Waals surface area contributed by atoms with Gasteiger partial charge < -0.3 is 10.4 Å². The van der Waals surface area contributed by atoms with Gasteiger partial charge in [0.2, 0.25) is 5.95 Å². The Labute approximate surface area is 92.9 Å². The summed E-state index contributed by atoms with van der Waals surface area (Å²) < 4.78 is 0. The molecule has 1 fully saturated rings. The summed E-state index contributed by atoms with van der Waals surface area (Å²) in [6.45, 7) is 3.56. The molecule has 1 aliphatic rings. The van der Waals surface area contributed by atoms with Crippen LogP contribution < -0.4 is 5.32 Å². The van der Waals surface area contributed by atoms with Gasteiger partial charge in [0.15, 0.2) is 5.15 Å². The van der Waals surface area contributed by atoms with Gasteiger partial charge >= 0.3 is 0 Å². The van der Waals surface area contributed by atoms with Gasteiger partial charge in [0, 0.05) is 0 Å². The Morgan fingerprint density at radius 1 is 1.53 bits per heavy atom. The van der Waals surface area contributed by atoms with Crippen LogP contribution in [0.5, 0.6) is 0 Å². The molecule has 0 aliphatic heterocycles. The number of aryl methyl sites for hydroxylation is 1. The highest BCUT2D eigenvalue weighted by atomic mass is 35.5. The first kappa shape index (κ1) is 10.6. The zero-order chi connectivity index (χ0) is 11.1. The molecule has 0 spiro atoms. The number of aliphatic hydroxyl groups is 1. The van der Waals surface area contributed by atoms with Crippen LogP contribution in [0.3, 0.4) is 0 Å². The molecule has 2 rings (SSSR count). The number of anilines is 1. The highest BCUT2D eigenvalue weighted by Crippen LogP contribution is 2.33. The quantitative estimate of drug-likeness (QED) is 0.795. The van der Waals surface area contributed by atoms with E-state index in [1.807, 2.05) is 0 Å². The van der Waals surface area contributed by atoms with E-state index < -0.39 is 5.60 Å². The summed E-state index contributed by atoms with van der Waals surface area (Å²) >= 11 is 5.71. The van der Waals surface area contributed by atoms with E-state index in [1.165, 1.54) is 0 Å². The molecule has 1 heterocycles. The molecule has 2 atom stereocenters. The molecule has 1 saturated carbocycles. The van der Waals surface area contributed by atoms with Gasteiger partial charge in [-0.05, 0) is 26.7 Å². The Morgan fingerprint density at radius 2 is 2.27 bits per heavy atom. The summed E-state index contributed by atoms with van der Waals surface area (Å²) in [6, 6.07) is -0.000115. The maximum Gasteiger partial charge on any atom is 0.243 e. The fraction of sp³-hybridized carbons (Fsp3) is 0.667.